The van der Waals surface area contributed by atoms with E-state index in [1.165, 1.54) is 24.3 Å². The molecule has 1 radical (unpaired) electrons. The third-order valence-electron chi connectivity index (χ3n) is 0.824. The molecule has 3 nitrogen and oxygen atoms in total. The average Bonchev–Trinajstić information content (AvgIpc) is 2.00. The molecule has 53 valence electrons. The van der Waals surface area contributed by atoms with Gasteiger partial charge in [0.2, 0.25) is 0 Å². The van der Waals surface area contributed by atoms with Gasteiger partial charge < -0.3 is 5.11 Å². The van der Waals surface area contributed by atoms with E-state index in [2.05, 4.69) is 7.11 Å². The van der Waals surface area contributed by atoms with Crippen LogP contribution in [0.25, 0.3) is 0 Å². The minimum Gasteiger partial charge on any atom is -0.394 e. The second-order valence-corrected chi connectivity index (χ2v) is 1.47. The van der Waals surface area contributed by atoms with Gasteiger partial charge in [-0.15, -0.1) is 0 Å². The summed E-state index contributed by atoms with van der Waals surface area (Å²) in [4.78, 5) is 20.6. The molecule has 0 aliphatic heterocycles. The molecule has 0 saturated heterocycles. The summed E-state index contributed by atoms with van der Waals surface area (Å²) in [6, 6.07) is 0. The van der Waals surface area contributed by atoms with Crippen molar-refractivity contribution in [3.63, 3.8) is 0 Å². The summed E-state index contributed by atoms with van der Waals surface area (Å²) in [5.74, 6) is -0.241. The van der Waals surface area contributed by atoms with Crippen LogP contribution in [0.1, 0.15) is 0 Å². The van der Waals surface area contributed by atoms with E-state index < -0.39 is 0 Å². The normalized spacial score (nSPS) is 14.6. The highest BCUT2D eigenvalue weighted by Crippen LogP contribution is 1.90. The van der Waals surface area contributed by atoms with Gasteiger partial charge in [0, 0.05) is 0 Å². The van der Waals surface area contributed by atoms with E-state index in [9.17, 15) is 9.59 Å². The predicted octanol–water partition coefficient (Wildman–Crippen LogP) is 0.401. The molecule has 0 bridgehead atoms. The fourth-order valence-electron chi connectivity index (χ4n) is 0.440. The van der Waals surface area contributed by atoms with Gasteiger partial charge in [-0.1, -0.05) is 0 Å². The summed E-state index contributed by atoms with van der Waals surface area (Å²) >= 11 is 0. The molecule has 0 spiro atoms. The topological polar surface area (TPSA) is 54.4 Å². The van der Waals surface area contributed by atoms with Crippen molar-refractivity contribution in [1.29, 1.82) is 0 Å². The van der Waals surface area contributed by atoms with Crippen LogP contribution in [0, 0.1) is 7.11 Å². The Kier molecular flexibility index (Phi) is 4.07. The second-order valence-electron chi connectivity index (χ2n) is 1.47. The Balaban J connectivity index is 0.000000371. The van der Waals surface area contributed by atoms with E-state index in [0.717, 1.165) is 0 Å². The molecule has 0 aromatic carbocycles. The van der Waals surface area contributed by atoms with Crippen molar-refractivity contribution in [1.82, 2.24) is 0 Å². The summed E-state index contributed by atoms with van der Waals surface area (Å²) < 4.78 is 0. The van der Waals surface area contributed by atoms with Gasteiger partial charge in [-0.05, 0) is 24.3 Å². The zero-order valence-electron chi connectivity index (χ0n) is 5.28. The molecule has 1 aliphatic rings. The standard InChI is InChI=1S/C6H4O2.CH3O/c7-5-1-2-6(8)4-3-5;1-2/h1-4H;2H,1H2. The van der Waals surface area contributed by atoms with Crippen LogP contribution in [0.3, 0.4) is 0 Å². The van der Waals surface area contributed by atoms with Crippen molar-refractivity contribution in [2.75, 3.05) is 0 Å². The highest BCUT2D eigenvalue weighted by molar-refractivity contribution is 6.14. The molecule has 0 aromatic rings. The van der Waals surface area contributed by atoms with Crippen molar-refractivity contribution < 1.29 is 14.7 Å². The lowest BCUT2D eigenvalue weighted by Crippen LogP contribution is -1.97. The van der Waals surface area contributed by atoms with Crippen molar-refractivity contribution in [2.24, 2.45) is 0 Å². The first kappa shape index (κ1) is 8.78. The molecule has 0 saturated carbocycles. The number of carbonyl (C=O) groups excluding carboxylic acids is 2. The van der Waals surface area contributed by atoms with Crippen LogP contribution in [-0.4, -0.2) is 16.7 Å². The highest BCUT2D eigenvalue weighted by atomic mass is 16.2. The van der Waals surface area contributed by atoms with Gasteiger partial charge >= 0.3 is 0 Å². The molecule has 0 unspecified atom stereocenters. The largest absolute Gasteiger partial charge is 0.394 e. The van der Waals surface area contributed by atoms with E-state index in [1.807, 2.05) is 0 Å². The minimum atomic E-state index is -0.121. The van der Waals surface area contributed by atoms with E-state index in [4.69, 9.17) is 5.11 Å². The zero-order valence-corrected chi connectivity index (χ0v) is 5.28. The Hall–Kier alpha value is -1.22. The Morgan fingerprint density at radius 1 is 0.900 bits per heavy atom. The van der Waals surface area contributed by atoms with Crippen molar-refractivity contribution in [2.45, 2.75) is 0 Å². The van der Waals surface area contributed by atoms with Gasteiger partial charge in [0.05, 0.1) is 7.11 Å². The van der Waals surface area contributed by atoms with Crippen molar-refractivity contribution in [3.05, 3.63) is 31.4 Å². The summed E-state index contributed by atoms with van der Waals surface area (Å²) in [6.45, 7) is 0. The molecular formula is C7H7O3. The first-order valence-corrected chi connectivity index (χ1v) is 2.55. The quantitative estimate of drug-likeness (QED) is 0.494. The maximum absolute atomic E-state index is 10.3. The first-order valence-electron chi connectivity index (χ1n) is 2.55. The summed E-state index contributed by atoms with van der Waals surface area (Å²) in [5, 5.41) is 6.75. The van der Waals surface area contributed by atoms with E-state index in [-0.39, 0.29) is 11.6 Å². The Morgan fingerprint density at radius 3 is 1.30 bits per heavy atom. The van der Waals surface area contributed by atoms with Gasteiger partial charge in [0.15, 0.2) is 11.6 Å². The van der Waals surface area contributed by atoms with Gasteiger partial charge in [-0.2, -0.15) is 0 Å². The van der Waals surface area contributed by atoms with E-state index in [1.54, 1.807) is 0 Å². The number of ketones is 2. The summed E-state index contributed by atoms with van der Waals surface area (Å²) in [7, 11) is 2.25. The average molecular weight is 139 g/mol. The Labute approximate surface area is 58.7 Å². The third-order valence-corrected chi connectivity index (χ3v) is 0.824. The fourth-order valence-corrected chi connectivity index (χ4v) is 0.440. The molecular weight excluding hydrogens is 132 g/mol. The Bertz CT molecular complexity index is 151. The second kappa shape index (κ2) is 4.64. The monoisotopic (exact) mass is 139 g/mol. The summed E-state index contributed by atoms with van der Waals surface area (Å²) in [6.07, 6.45) is 5.01. The SMILES string of the molecule is O=C1C=CC(=O)C=C1.[CH2]O. The van der Waals surface area contributed by atoms with Crippen LogP contribution in [0.4, 0.5) is 0 Å². The van der Waals surface area contributed by atoms with Crippen LogP contribution in [0.5, 0.6) is 0 Å². The Morgan fingerprint density at radius 2 is 1.10 bits per heavy atom. The molecule has 0 fully saturated rings. The zero-order chi connectivity index (χ0) is 7.98. The van der Waals surface area contributed by atoms with Crippen LogP contribution in [0.2, 0.25) is 0 Å². The highest BCUT2D eigenvalue weighted by Gasteiger charge is 1.97. The molecule has 1 N–H and O–H groups in total. The molecule has 1 rings (SSSR count). The lowest BCUT2D eigenvalue weighted by molar-refractivity contribution is -0.113. The number of aliphatic hydroxyl groups is 1. The van der Waals surface area contributed by atoms with Gasteiger partial charge in [0.1, 0.15) is 0 Å². The first-order chi connectivity index (χ1) is 4.79. The van der Waals surface area contributed by atoms with Crippen LogP contribution in [0.15, 0.2) is 24.3 Å². The number of rotatable bonds is 0. The van der Waals surface area contributed by atoms with Crippen LogP contribution in [-0.2, 0) is 9.59 Å². The fraction of sp³-hybridized carbons (Fsp3) is 0. The van der Waals surface area contributed by atoms with Crippen LogP contribution >= 0.6 is 0 Å². The molecule has 0 aromatic heterocycles. The molecule has 0 atom stereocenters. The lowest BCUT2D eigenvalue weighted by Gasteiger charge is -1.87. The van der Waals surface area contributed by atoms with Crippen molar-refractivity contribution >= 4 is 11.6 Å². The molecule has 1 aliphatic carbocycles. The lowest BCUT2D eigenvalue weighted by atomic mass is 10.2. The number of hydrogen-bond acceptors (Lipinski definition) is 3. The predicted molar refractivity (Wildman–Crippen MR) is 35.6 cm³/mol. The van der Waals surface area contributed by atoms with Crippen LogP contribution < -0.4 is 0 Å². The maximum atomic E-state index is 10.3. The van der Waals surface area contributed by atoms with Gasteiger partial charge in [-0.3, -0.25) is 9.59 Å². The molecule has 0 amide bonds. The molecule has 10 heavy (non-hydrogen) atoms. The molecule has 0 heterocycles. The number of carbonyl (C=O) groups is 2. The number of hydrogen-bond donors (Lipinski definition) is 1. The smallest absolute Gasteiger partial charge is 0.178 e. The maximum Gasteiger partial charge on any atom is 0.178 e. The number of aliphatic hydroxyl groups excluding tert-OH is 1. The summed E-state index contributed by atoms with van der Waals surface area (Å²) in [5.41, 5.74) is 0. The third kappa shape index (κ3) is 2.94. The van der Waals surface area contributed by atoms with Crippen molar-refractivity contribution in [3.8, 4) is 0 Å². The van der Waals surface area contributed by atoms with Gasteiger partial charge in [0.25, 0.3) is 0 Å². The van der Waals surface area contributed by atoms with E-state index >= 15 is 0 Å². The molecule has 3 heteroatoms. The van der Waals surface area contributed by atoms with E-state index in [0.29, 0.717) is 0 Å². The number of allylic oxidation sites excluding steroid dienone is 4. The van der Waals surface area contributed by atoms with Gasteiger partial charge in [-0.25, -0.2) is 0 Å². The minimum absolute atomic E-state index is 0.121.